The van der Waals surface area contributed by atoms with E-state index in [2.05, 4.69) is 13.8 Å². The lowest BCUT2D eigenvalue weighted by Crippen LogP contribution is -2.35. The van der Waals surface area contributed by atoms with Gasteiger partial charge in [-0.3, -0.25) is 9.59 Å². The summed E-state index contributed by atoms with van der Waals surface area (Å²) in [6.45, 7) is 4.47. The molecule has 1 N–H and O–H groups in total. The fraction of sp³-hybridized carbons (Fsp3) is 0.929. The molecule has 0 aliphatic heterocycles. The van der Waals surface area contributed by atoms with Crippen LogP contribution in [0.15, 0.2) is 0 Å². The summed E-state index contributed by atoms with van der Waals surface area (Å²) in [7, 11) is 0. The van der Waals surface area contributed by atoms with Gasteiger partial charge < -0.3 is 9.84 Å². The van der Waals surface area contributed by atoms with Crippen molar-refractivity contribution in [1.82, 2.24) is 0 Å². The minimum Gasteiger partial charge on any atom is -0.481 e. The third-order valence-corrected chi connectivity index (χ3v) is 7.18. The standard InChI is InChI=1S/C28H52O4/c1-3-5-7-9-10-11-12-13-14-15-17-21-24(20-16-8-6-4-2)32-28(31)26-23-19-18-22-25(26)27(29)30/h24-26H,3-23H2,1-2H3,(H,29,30). The first-order chi connectivity index (χ1) is 15.6. The molecule has 1 rings (SSSR count). The summed E-state index contributed by atoms with van der Waals surface area (Å²) in [6.07, 6.45) is 24.1. The second-order valence-electron chi connectivity index (χ2n) is 10.1. The SMILES string of the molecule is CCCCCCCCCCCCCC(CCCCCC)OC(=O)C1CCCCC1C(=O)O. The molecule has 1 saturated carbocycles. The molecule has 4 heteroatoms. The summed E-state index contributed by atoms with van der Waals surface area (Å²) in [4.78, 5) is 24.4. The minimum atomic E-state index is -0.837. The van der Waals surface area contributed by atoms with Gasteiger partial charge in [0.15, 0.2) is 0 Å². The lowest BCUT2D eigenvalue weighted by molar-refractivity contribution is -0.164. The Morgan fingerprint density at radius 1 is 0.688 bits per heavy atom. The molecule has 0 aromatic heterocycles. The monoisotopic (exact) mass is 452 g/mol. The van der Waals surface area contributed by atoms with Crippen LogP contribution in [0.1, 0.15) is 149 Å². The predicted octanol–water partition coefficient (Wildman–Crippen LogP) is 8.46. The Balaban J connectivity index is 2.31. The number of carbonyl (C=O) groups is 2. The zero-order valence-electron chi connectivity index (χ0n) is 21.3. The quantitative estimate of drug-likeness (QED) is 0.149. The smallest absolute Gasteiger partial charge is 0.310 e. The summed E-state index contributed by atoms with van der Waals surface area (Å²) in [6, 6.07) is 0. The lowest BCUT2D eigenvalue weighted by Gasteiger charge is -2.29. The highest BCUT2D eigenvalue weighted by Crippen LogP contribution is 2.32. The minimum absolute atomic E-state index is 0.0331. The van der Waals surface area contributed by atoms with Crippen LogP contribution in [-0.2, 0) is 14.3 Å². The van der Waals surface area contributed by atoms with E-state index in [1.54, 1.807) is 0 Å². The van der Waals surface area contributed by atoms with Crippen molar-refractivity contribution < 1.29 is 19.4 Å². The number of carbonyl (C=O) groups excluding carboxylic acids is 1. The van der Waals surface area contributed by atoms with E-state index < -0.39 is 17.8 Å². The Labute approximate surface area is 198 Å². The van der Waals surface area contributed by atoms with Gasteiger partial charge in [0.1, 0.15) is 6.10 Å². The molecule has 0 heterocycles. The molecule has 0 amide bonds. The second kappa shape index (κ2) is 19.4. The Morgan fingerprint density at radius 2 is 1.09 bits per heavy atom. The molecule has 1 aliphatic rings. The molecule has 4 nitrogen and oxygen atoms in total. The number of carboxylic acids is 1. The van der Waals surface area contributed by atoms with Crippen LogP contribution in [0.5, 0.6) is 0 Å². The van der Waals surface area contributed by atoms with Crippen LogP contribution in [0.25, 0.3) is 0 Å². The van der Waals surface area contributed by atoms with E-state index in [0.29, 0.717) is 12.8 Å². The van der Waals surface area contributed by atoms with Crippen molar-refractivity contribution in [2.75, 3.05) is 0 Å². The van der Waals surface area contributed by atoms with Gasteiger partial charge in [0.05, 0.1) is 11.8 Å². The van der Waals surface area contributed by atoms with E-state index >= 15 is 0 Å². The first-order valence-electron chi connectivity index (χ1n) is 14.0. The van der Waals surface area contributed by atoms with E-state index in [0.717, 1.165) is 38.5 Å². The van der Waals surface area contributed by atoms with Crippen LogP contribution in [0, 0.1) is 11.8 Å². The number of aliphatic carboxylic acids is 1. The van der Waals surface area contributed by atoms with Crippen molar-refractivity contribution in [2.45, 2.75) is 155 Å². The van der Waals surface area contributed by atoms with Crippen molar-refractivity contribution in [3.63, 3.8) is 0 Å². The van der Waals surface area contributed by atoms with Crippen LogP contribution < -0.4 is 0 Å². The Morgan fingerprint density at radius 3 is 1.56 bits per heavy atom. The number of hydrogen-bond donors (Lipinski definition) is 1. The molecule has 0 aromatic rings. The molecule has 0 spiro atoms. The lowest BCUT2D eigenvalue weighted by atomic mass is 9.79. The molecule has 0 radical (unpaired) electrons. The summed E-state index contributed by atoms with van der Waals surface area (Å²) >= 11 is 0. The van der Waals surface area contributed by atoms with Crippen LogP contribution in [0.4, 0.5) is 0 Å². The fourth-order valence-corrected chi connectivity index (χ4v) is 5.06. The normalized spacial score (nSPS) is 19.6. The van der Waals surface area contributed by atoms with Gasteiger partial charge in [-0.2, -0.15) is 0 Å². The summed E-state index contributed by atoms with van der Waals surface area (Å²) in [5, 5.41) is 9.50. The number of hydrogen-bond acceptors (Lipinski definition) is 3. The highest BCUT2D eigenvalue weighted by atomic mass is 16.5. The molecular weight excluding hydrogens is 400 g/mol. The number of rotatable bonds is 20. The topological polar surface area (TPSA) is 63.6 Å². The van der Waals surface area contributed by atoms with Crippen molar-refractivity contribution in [1.29, 1.82) is 0 Å². The zero-order valence-corrected chi connectivity index (χ0v) is 21.3. The Kier molecular flexibility index (Phi) is 17.6. The van der Waals surface area contributed by atoms with Gasteiger partial charge in [-0.15, -0.1) is 0 Å². The number of esters is 1. The second-order valence-corrected chi connectivity index (χ2v) is 10.1. The van der Waals surface area contributed by atoms with Crippen molar-refractivity contribution in [3.05, 3.63) is 0 Å². The third-order valence-electron chi connectivity index (χ3n) is 7.18. The molecule has 32 heavy (non-hydrogen) atoms. The van der Waals surface area contributed by atoms with Gasteiger partial charge in [-0.05, 0) is 38.5 Å². The molecule has 188 valence electrons. The van der Waals surface area contributed by atoms with Gasteiger partial charge in [0.2, 0.25) is 0 Å². The molecule has 0 aromatic carbocycles. The molecule has 3 atom stereocenters. The van der Waals surface area contributed by atoms with Gasteiger partial charge in [-0.1, -0.05) is 110 Å². The average Bonchev–Trinajstić information content (AvgIpc) is 2.79. The summed E-state index contributed by atoms with van der Waals surface area (Å²) in [5.74, 6) is -2.09. The van der Waals surface area contributed by atoms with Crippen LogP contribution in [0.3, 0.4) is 0 Å². The number of carboxylic acid groups (broad SMARTS) is 1. The third kappa shape index (κ3) is 13.5. The van der Waals surface area contributed by atoms with Crippen LogP contribution in [0.2, 0.25) is 0 Å². The number of ether oxygens (including phenoxy) is 1. The van der Waals surface area contributed by atoms with Gasteiger partial charge in [0.25, 0.3) is 0 Å². The fourth-order valence-electron chi connectivity index (χ4n) is 5.06. The Bertz CT molecular complexity index is 476. The Hall–Kier alpha value is -1.06. The average molecular weight is 453 g/mol. The molecular formula is C28H52O4. The van der Waals surface area contributed by atoms with Gasteiger partial charge >= 0.3 is 11.9 Å². The molecule has 1 fully saturated rings. The van der Waals surface area contributed by atoms with Crippen molar-refractivity contribution in [3.8, 4) is 0 Å². The maximum atomic E-state index is 12.8. The van der Waals surface area contributed by atoms with Gasteiger partial charge in [0, 0.05) is 0 Å². The zero-order chi connectivity index (χ0) is 23.4. The highest BCUT2D eigenvalue weighted by molar-refractivity contribution is 5.81. The highest BCUT2D eigenvalue weighted by Gasteiger charge is 2.37. The van der Waals surface area contributed by atoms with Crippen molar-refractivity contribution in [2.24, 2.45) is 11.8 Å². The first-order valence-corrected chi connectivity index (χ1v) is 14.0. The molecule has 0 bridgehead atoms. The molecule has 3 unspecified atom stereocenters. The predicted molar refractivity (Wildman–Crippen MR) is 133 cm³/mol. The van der Waals surface area contributed by atoms with Crippen molar-refractivity contribution >= 4 is 11.9 Å². The summed E-state index contributed by atoms with van der Waals surface area (Å²) < 4.78 is 5.94. The van der Waals surface area contributed by atoms with E-state index in [1.165, 1.54) is 83.5 Å². The first kappa shape index (κ1) is 29.0. The van der Waals surface area contributed by atoms with E-state index in [1.807, 2.05) is 0 Å². The maximum Gasteiger partial charge on any atom is 0.310 e. The summed E-state index contributed by atoms with van der Waals surface area (Å²) in [5.41, 5.74) is 0. The van der Waals surface area contributed by atoms with Crippen LogP contribution in [-0.4, -0.2) is 23.1 Å². The van der Waals surface area contributed by atoms with E-state index in [4.69, 9.17) is 4.74 Å². The van der Waals surface area contributed by atoms with Gasteiger partial charge in [-0.25, -0.2) is 0 Å². The van der Waals surface area contributed by atoms with E-state index in [9.17, 15) is 14.7 Å². The van der Waals surface area contributed by atoms with E-state index in [-0.39, 0.29) is 12.1 Å². The maximum absolute atomic E-state index is 12.8. The molecule has 0 saturated heterocycles. The van der Waals surface area contributed by atoms with Crippen LogP contribution >= 0.6 is 0 Å². The molecule has 1 aliphatic carbocycles. The largest absolute Gasteiger partial charge is 0.481 e. The number of unbranched alkanes of at least 4 members (excludes halogenated alkanes) is 13.